The van der Waals surface area contributed by atoms with Crippen molar-refractivity contribution in [2.24, 2.45) is 0 Å². The van der Waals surface area contributed by atoms with Gasteiger partial charge in [-0.1, -0.05) is 43.3 Å². The lowest BCUT2D eigenvalue weighted by atomic mass is 9.89. The fourth-order valence-electron chi connectivity index (χ4n) is 2.72. The van der Waals surface area contributed by atoms with Crippen LogP contribution in [0.4, 0.5) is 4.79 Å². The zero-order valence-corrected chi connectivity index (χ0v) is 15.0. The molecule has 0 aliphatic heterocycles. The highest BCUT2D eigenvalue weighted by atomic mass is 16.2. The fraction of sp³-hybridized carbons (Fsp3) is 0.250. The molecule has 0 spiro atoms. The van der Waals surface area contributed by atoms with Crippen LogP contribution < -0.4 is 10.6 Å². The van der Waals surface area contributed by atoms with E-state index in [9.17, 15) is 4.79 Å². The highest BCUT2D eigenvalue weighted by Crippen LogP contribution is 2.23. The minimum absolute atomic E-state index is 0.197. The van der Waals surface area contributed by atoms with Crippen molar-refractivity contribution in [2.45, 2.75) is 32.4 Å². The quantitative estimate of drug-likeness (QED) is 0.716. The van der Waals surface area contributed by atoms with E-state index in [1.54, 1.807) is 18.7 Å². The SMILES string of the molecule is CCC(C)(NC(=O)NCc1ccc(-n2ccnc2)nc1)c1ccccc1. The lowest BCUT2D eigenvalue weighted by Gasteiger charge is -2.30. The molecule has 0 aliphatic rings. The van der Waals surface area contributed by atoms with E-state index < -0.39 is 5.54 Å². The molecule has 0 saturated heterocycles. The first kappa shape index (κ1) is 17.7. The van der Waals surface area contributed by atoms with Crippen molar-refractivity contribution in [3.05, 3.63) is 78.5 Å². The number of urea groups is 1. The normalized spacial score (nSPS) is 13.0. The van der Waals surface area contributed by atoms with Crippen LogP contribution in [0.2, 0.25) is 0 Å². The minimum Gasteiger partial charge on any atom is -0.334 e. The molecule has 26 heavy (non-hydrogen) atoms. The lowest BCUT2D eigenvalue weighted by Crippen LogP contribution is -2.47. The Bertz CT molecular complexity index is 830. The highest BCUT2D eigenvalue weighted by molar-refractivity contribution is 5.75. The molecule has 0 fully saturated rings. The third-order valence-corrected chi connectivity index (χ3v) is 4.54. The molecule has 2 aromatic heterocycles. The van der Waals surface area contributed by atoms with E-state index in [-0.39, 0.29) is 6.03 Å². The summed E-state index contributed by atoms with van der Waals surface area (Å²) in [5, 5.41) is 5.98. The first-order valence-corrected chi connectivity index (χ1v) is 8.65. The Balaban J connectivity index is 1.58. The van der Waals surface area contributed by atoms with E-state index in [1.807, 2.05) is 60.2 Å². The van der Waals surface area contributed by atoms with E-state index in [4.69, 9.17) is 0 Å². The molecule has 2 amide bonds. The van der Waals surface area contributed by atoms with E-state index in [0.717, 1.165) is 23.4 Å². The number of imidazole rings is 1. The van der Waals surface area contributed by atoms with Crippen molar-refractivity contribution < 1.29 is 4.79 Å². The van der Waals surface area contributed by atoms with Crippen molar-refractivity contribution in [3.8, 4) is 5.82 Å². The van der Waals surface area contributed by atoms with Gasteiger partial charge in [0.05, 0.1) is 5.54 Å². The van der Waals surface area contributed by atoms with E-state index in [0.29, 0.717) is 6.54 Å². The number of benzene rings is 1. The Kier molecular flexibility index (Phi) is 5.31. The van der Waals surface area contributed by atoms with Crippen molar-refractivity contribution in [1.82, 2.24) is 25.2 Å². The molecule has 2 N–H and O–H groups in total. The third-order valence-electron chi connectivity index (χ3n) is 4.54. The van der Waals surface area contributed by atoms with Crippen LogP contribution in [-0.2, 0) is 12.1 Å². The monoisotopic (exact) mass is 349 g/mol. The highest BCUT2D eigenvalue weighted by Gasteiger charge is 2.26. The van der Waals surface area contributed by atoms with Gasteiger partial charge in [0.15, 0.2) is 0 Å². The molecular weight excluding hydrogens is 326 g/mol. The standard InChI is InChI=1S/C20H23N5O/c1-3-20(2,17-7-5-4-6-8-17)24-19(26)23-14-16-9-10-18(22-13-16)25-12-11-21-15-25/h4-13,15H,3,14H2,1-2H3,(H2,23,24,26). The maximum Gasteiger partial charge on any atom is 0.315 e. The van der Waals surface area contributed by atoms with Gasteiger partial charge in [-0.3, -0.25) is 4.57 Å². The average molecular weight is 349 g/mol. The molecular formula is C20H23N5O. The molecule has 3 aromatic rings. The Hall–Kier alpha value is -3.15. The van der Waals surface area contributed by atoms with E-state index in [2.05, 4.69) is 27.5 Å². The largest absolute Gasteiger partial charge is 0.334 e. The summed E-state index contributed by atoms with van der Waals surface area (Å²) < 4.78 is 1.83. The molecule has 6 nitrogen and oxygen atoms in total. The van der Waals surface area contributed by atoms with Gasteiger partial charge in [0.25, 0.3) is 0 Å². The number of nitrogens with zero attached hydrogens (tertiary/aromatic N) is 3. The first-order chi connectivity index (χ1) is 12.6. The van der Waals surface area contributed by atoms with Crippen LogP contribution in [0.5, 0.6) is 0 Å². The van der Waals surface area contributed by atoms with Crippen molar-refractivity contribution >= 4 is 6.03 Å². The van der Waals surface area contributed by atoms with Crippen LogP contribution in [0, 0.1) is 0 Å². The Labute approximate surface area is 153 Å². The van der Waals surface area contributed by atoms with Gasteiger partial charge in [0.1, 0.15) is 12.1 Å². The number of aromatic nitrogens is 3. The summed E-state index contributed by atoms with van der Waals surface area (Å²) >= 11 is 0. The predicted molar refractivity (Wildman–Crippen MR) is 101 cm³/mol. The summed E-state index contributed by atoms with van der Waals surface area (Å²) in [6.45, 7) is 4.51. The zero-order chi connectivity index (χ0) is 18.4. The molecule has 0 aliphatic carbocycles. The molecule has 6 heteroatoms. The van der Waals surface area contributed by atoms with Gasteiger partial charge in [0, 0.05) is 25.1 Å². The predicted octanol–water partition coefficient (Wildman–Crippen LogP) is 3.39. The first-order valence-electron chi connectivity index (χ1n) is 8.65. The van der Waals surface area contributed by atoms with Gasteiger partial charge in [0.2, 0.25) is 0 Å². The molecule has 1 atom stereocenters. The third kappa shape index (κ3) is 4.08. The number of carbonyl (C=O) groups is 1. The molecule has 0 radical (unpaired) electrons. The van der Waals surface area contributed by atoms with Crippen LogP contribution >= 0.6 is 0 Å². The van der Waals surface area contributed by atoms with Gasteiger partial charge in [-0.2, -0.15) is 0 Å². The van der Waals surface area contributed by atoms with Crippen molar-refractivity contribution in [3.63, 3.8) is 0 Å². The van der Waals surface area contributed by atoms with Crippen LogP contribution in [-0.4, -0.2) is 20.6 Å². The summed E-state index contributed by atoms with van der Waals surface area (Å²) in [4.78, 5) is 20.8. The van der Waals surface area contributed by atoms with Gasteiger partial charge in [-0.05, 0) is 30.5 Å². The number of nitrogens with one attached hydrogen (secondary N) is 2. The fourth-order valence-corrected chi connectivity index (χ4v) is 2.72. The average Bonchev–Trinajstić information content (AvgIpc) is 3.22. The minimum atomic E-state index is -0.408. The number of carbonyl (C=O) groups excluding carboxylic acids is 1. The van der Waals surface area contributed by atoms with Crippen LogP contribution in [0.15, 0.2) is 67.4 Å². The van der Waals surface area contributed by atoms with Gasteiger partial charge in [-0.25, -0.2) is 14.8 Å². The second-order valence-electron chi connectivity index (χ2n) is 6.35. The Morgan fingerprint density at radius 3 is 2.62 bits per heavy atom. The van der Waals surface area contributed by atoms with Crippen LogP contribution in [0.1, 0.15) is 31.4 Å². The maximum atomic E-state index is 12.4. The van der Waals surface area contributed by atoms with Gasteiger partial charge >= 0.3 is 6.03 Å². The molecule has 0 saturated carbocycles. The van der Waals surface area contributed by atoms with Gasteiger partial charge < -0.3 is 10.6 Å². The molecule has 134 valence electrons. The molecule has 3 rings (SSSR count). The maximum absolute atomic E-state index is 12.4. The lowest BCUT2D eigenvalue weighted by molar-refractivity contribution is 0.225. The number of hydrogen-bond acceptors (Lipinski definition) is 3. The summed E-state index contributed by atoms with van der Waals surface area (Å²) in [6.07, 6.45) is 7.79. The van der Waals surface area contributed by atoms with Crippen molar-refractivity contribution in [2.75, 3.05) is 0 Å². The topological polar surface area (TPSA) is 71.8 Å². The summed E-state index contributed by atoms with van der Waals surface area (Å²) in [7, 11) is 0. The number of hydrogen-bond donors (Lipinski definition) is 2. The Morgan fingerprint density at radius 1 is 1.19 bits per heavy atom. The van der Waals surface area contributed by atoms with E-state index >= 15 is 0 Å². The molecule has 2 heterocycles. The smallest absolute Gasteiger partial charge is 0.315 e. The van der Waals surface area contributed by atoms with E-state index in [1.165, 1.54) is 0 Å². The summed E-state index contributed by atoms with van der Waals surface area (Å²) in [6, 6.07) is 13.6. The second kappa shape index (κ2) is 7.82. The number of amides is 2. The Morgan fingerprint density at radius 2 is 2.00 bits per heavy atom. The molecule has 1 unspecified atom stereocenters. The summed E-state index contributed by atoms with van der Waals surface area (Å²) in [5.74, 6) is 0.790. The van der Waals surface area contributed by atoms with Crippen LogP contribution in [0.25, 0.3) is 5.82 Å². The zero-order valence-electron chi connectivity index (χ0n) is 15.0. The molecule has 0 bridgehead atoms. The second-order valence-corrected chi connectivity index (χ2v) is 6.35. The molecule has 1 aromatic carbocycles. The van der Waals surface area contributed by atoms with Gasteiger partial charge in [-0.15, -0.1) is 0 Å². The van der Waals surface area contributed by atoms with Crippen LogP contribution in [0.3, 0.4) is 0 Å². The number of pyridine rings is 1. The summed E-state index contributed by atoms with van der Waals surface area (Å²) in [5.41, 5.74) is 1.61. The number of rotatable bonds is 6. The van der Waals surface area contributed by atoms with Crippen molar-refractivity contribution in [1.29, 1.82) is 0 Å².